The topological polar surface area (TPSA) is 23.5 Å². The number of hydrogen-bond acceptors (Lipinski definition) is 2. The van der Waals surface area contributed by atoms with Crippen LogP contribution < -0.4 is 0 Å². The van der Waals surface area contributed by atoms with Gasteiger partial charge in [0.1, 0.15) is 5.60 Å². The summed E-state index contributed by atoms with van der Waals surface area (Å²) in [6, 6.07) is 0.487. The van der Waals surface area contributed by atoms with Crippen molar-refractivity contribution < 1.29 is 13.9 Å². The fraction of sp³-hybridized carbons (Fsp3) is 1.00. The highest BCUT2D eigenvalue weighted by atomic mass is 19.3. The predicted octanol–water partition coefficient (Wildman–Crippen LogP) is 1.49. The van der Waals surface area contributed by atoms with Crippen LogP contribution in [-0.2, 0) is 0 Å². The summed E-state index contributed by atoms with van der Waals surface area (Å²) < 4.78 is 24.7. The molecule has 1 N–H and O–H groups in total. The molecular formula is C10H17F2NO. The minimum Gasteiger partial charge on any atom is -0.384 e. The molecule has 0 atom stereocenters. The molecule has 0 aromatic rings. The molecule has 0 radical (unpaired) electrons. The van der Waals surface area contributed by atoms with E-state index in [0.29, 0.717) is 6.04 Å². The maximum Gasteiger partial charge on any atom is 0.266 e. The summed E-state index contributed by atoms with van der Waals surface area (Å²) in [4.78, 5) is 2.26. The Morgan fingerprint density at radius 2 is 1.71 bits per heavy atom. The summed E-state index contributed by atoms with van der Waals surface area (Å²) in [7, 11) is 0. The number of hydrogen-bond donors (Lipinski definition) is 1. The maximum absolute atomic E-state index is 12.4. The molecule has 1 spiro atoms. The normalized spacial score (nSPS) is 29.4. The Kier molecular flexibility index (Phi) is 2.13. The smallest absolute Gasteiger partial charge is 0.266 e. The van der Waals surface area contributed by atoms with E-state index >= 15 is 0 Å². The van der Waals surface area contributed by atoms with E-state index in [1.807, 2.05) is 0 Å². The second kappa shape index (κ2) is 2.89. The van der Waals surface area contributed by atoms with Crippen LogP contribution in [-0.4, -0.2) is 41.2 Å². The SMILES string of the molecule is CC(C)N1CC2(C1)CC(O)(C(F)F)C2. The summed E-state index contributed by atoms with van der Waals surface area (Å²) in [5, 5.41) is 9.44. The molecule has 2 rings (SSSR count). The minimum absolute atomic E-state index is 0.00937. The van der Waals surface area contributed by atoms with Crippen LogP contribution >= 0.6 is 0 Å². The van der Waals surface area contributed by atoms with Crippen LogP contribution in [0.15, 0.2) is 0 Å². The van der Waals surface area contributed by atoms with Crippen LogP contribution in [0.3, 0.4) is 0 Å². The molecule has 1 saturated heterocycles. The van der Waals surface area contributed by atoms with Gasteiger partial charge in [-0.1, -0.05) is 0 Å². The number of halogens is 2. The number of rotatable bonds is 2. The van der Waals surface area contributed by atoms with Crippen LogP contribution in [0.2, 0.25) is 0 Å². The minimum atomic E-state index is -2.58. The van der Waals surface area contributed by atoms with Crippen LogP contribution in [0.25, 0.3) is 0 Å². The Balaban J connectivity index is 1.85. The van der Waals surface area contributed by atoms with Gasteiger partial charge in [-0.2, -0.15) is 0 Å². The number of likely N-dealkylation sites (tertiary alicyclic amines) is 1. The van der Waals surface area contributed by atoms with Gasteiger partial charge >= 0.3 is 0 Å². The van der Waals surface area contributed by atoms with Crippen molar-refractivity contribution >= 4 is 0 Å². The Morgan fingerprint density at radius 3 is 2.07 bits per heavy atom. The Bertz CT molecular complexity index is 228. The molecule has 0 aromatic carbocycles. The average molecular weight is 205 g/mol. The number of aliphatic hydroxyl groups is 1. The van der Waals surface area contributed by atoms with Crippen LogP contribution in [0.4, 0.5) is 8.78 Å². The molecule has 2 aliphatic rings. The van der Waals surface area contributed by atoms with E-state index in [0.717, 1.165) is 13.1 Å². The van der Waals surface area contributed by atoms with Crippen molar-refractivity contribution in [3.63, 3.8) is 0 Å². The third-order valence-corrected chi connectivity index (χ3v) is 3.58. The standard InChI is InChI=1S/C10H17F2NO/c1-7(2)13-5-9(6-13)3-10(14,4-9)8(11)12/h7-8,14H,3-6H2,1-2H3. The summed E-state index contributed by atoms with van der Waals surface area (Å²) in [6.07, 6.45) is -2.02. The van der Waals surface area contributed by atoms with Gasteiger partial charge in [0.2, 0.25) is 0 Å². The number of alkyl halides is 2. The second-order valence-electron chi connectivity index (χ2n) is 5.26. The van der Waals surface area contributed by atoms with E-state index in [9.17, 15) is 13.9 Å². The fourth-order valence-corrected chi connectivity index (χ4v) is 2.81. The van der Waals surface area contributed by atoms with Crippen LogP contribution in [0.1, 0.15) is 26.7 Å². The third-order valence-electron chi connectivity index (χ3n) is 3.58. The lowest BCUT2D eigenvalue weighted by Gasteiger charge is -2.63. The van der Waals surface area contributed by atoms with Gasteiger partial charge in [0.25, 0.3) is 6.43 Å². The Morgan fingerprint density at radius 1 is 1.21 bits per heavy atom. The molecule has 14 heavy (non-hydrogen) atoms. The molecule has 1 aliphatic heterocycles. The lowest BCUT2D eigenvalue weighted by Crippen LogP contribution is -2.70. The summed E-state index contributed by atoms with van der Waals surface area (Å²) in [5.41, 5.74) is -1.67. The molecule has 0 bridgehead atoms. The first-order chi connectivity index (χ1) is 6.37. The summed E-state index contributed by atoms with van der Waals surface area (Å²) >= 11 is 0. The lowest BCUT2D eigenvalue weighted by molar-refractivity contribution is -0.243. The molecule has 1 saturated carbocycles. The van der Waals surface area contributed by atoms with E-state index < -0.39 is 12.0 Å². The quantitative estimate of drug-likeness (QED) is 0.738. The monoisotopic (exact) mass is 205 g/mol. The fourth-order valence-electron chi connectivity index (χ4n) is 2.81. The molecule has 4 heteroatoms. The van der Waals surface area contributed by atoms with Crippen LogP contribution in [0, 0.1) is 5.41 Å². The zero-order valence-corrected chi connectivity index (χ0v) is 8.63. The van der Waals surface area contributed by atoms with E-state index in [1.54, 1.807) is 0 Å². The average Bonchev–Trinajstić information content (AvgIpc) is 1.92. The van der Waals surface area contributed by atoms with Crippen molar-refractivity contribution in [2.24, 2.45) is 5.41 Å². The van der Waals surface area contributed by atoms with E-state index in [1.165, 1.54) is 0 Å². The molecular weight excluding hydrogens is 188 g/mol. The van der Waals surface area contributed by atoms with Gasteiger partial charge in [0, 0.05) is 24.5 Å². The van der Waals surface area contributed by atoms with Crippen molar-refractivity contribution in [2.45, 2.75) is 44.8 Å². The Hall–Kier alpha value is -0.220. The van der Waals surface area contributed by atoms with Gasteiger partial charge < -0.3 is 5.11 Å². The van der Waals surface area contributed by atoms with Crippen molar-refractivity contribution in [1.82, 2.24) is 4.90 Å². The summed E-state index contributed by atoms with van der Waals surface area (Å²) in [6.45, 7) is 5.95. The van der Waals surface area contributed by atoms with Gasteiger partial charge in [0.05, 0.1) is 0 Å². The van der Waals surface area contributed by atoms with E-state index in [4.69, 9.17) is 0 Å². The van der Waals surface area contributed by atoms with Gasteiger partial charge in [-0.05, 0) is 26.7 Å². The predicted molar refractivity (Wildman–Crippen MR) is 49.3 cm³/mol. The third kappa shape index (κ3) is 1.36. The molecule has 82 valence electrons. The maximum atomic E-state index is 12.4. The lowest BCUT2D eigenvalue weighted by atomic mass is 9.55. The first-order valence-corrected chi connectivity index (χ1v) is 5.12. The summed E-state index contributed by atoms with van der Waals surface area (Å²) in [5.74, 6) is 0. The molecule has 0 unspecified atom stereocenters. The first-order valence-electron chi connectivity index (χ1n) is 5.12. The van der Waals surface area contributed by atoms with Gasteiger partial charge in [0.15, 0.2) is 0 Å². The molecule has 0 aromatic heterocycles. The van der Waals surface area contributed by atoms with E-state index in [2.05, 4.69) is 18.7 Å². The first kappa shape index (κ1) is 10.3. The largest absolute Gasteiger partial charge is 0.384 e. The molecule has 2 nitrogen and oxygen atoms in total. The van der Waals surface area contributed by atoms with Gasteiger partial charge in [-0.15, -0.1) is 0 Å². The Labute approximate surface area is 82.9 Å². The molecule has 0 amide bonds. The van der Waals surface area contributed by atoms with Gasteiger partial charge in [-0.3, -0.25) is 4.90 Å². The van der Waals surface area contributed by atoms with Crippen molar-refractivity contribution in [3.8, 4) is 0 Å². The number of nitrogens with zero attached hydrogens (tertiary/aromatic N) is 1. The zero-order chi connectivity index (χ0) is 10.6. The zero-order valence-electron chi connectivity index (χ0n) is 8.63. The van der Waals surface area contributed by atoms with Crippen molar-refractivity contribution in [2.75, 3.05) is 13.1 Å². The molecule has 1 aliphatic carbocycles. The molecule has 1 heterocycles. The second-order valence-corrected chi connectivity index (χ2v) is 5.26. The van der Waals surface area contributed by atoms with Gasteiger partial charge in [-0.25, -0.2) is 8.78 Å². The highest BCUT2D eigenvalue weighted by Gasteiger charge is 2.63. The highest BCUT2D eigenvalue weighted by molar-refractivity contribution is 5.12. The van der Waals surface area contributed by atoms with Crippen LogP contribution in [0.5, 0.6) is 0 Å². The van der Waals surface area contributed by atoms with E-state index in [-0.39, 0.29) is 18.3 Å². The van der Waals surface area contributed by atoms with Crippen molar-refractivity contribution in [3.05, 3.63) is 0 Å². The molecule has 2 fully saturated rings. The van der Waals surface area contributed by atoms with Crippen molar-refractivity contribution in [1.29, 1.82) is 0 Å². The highest BCUT2D eigenvalue weighted by Crippen LogP contribution is 2.56.